The number of aliphatic carboxylic acids is 1. The first-order valence-corrected chi connectivity index (χ1v) is 7.81. The standard InChI is InChI=1S/C17H20FNO3/c18-13-5-1-10(2-6-13)7-8-19-16(20)14-11-3-4-12(9-11)15(14)17(21)22/h1-2,5-6,11-12,14-15H,3-4,7-9H2,(H,19,20)(H,21,22)/t11-,12-,14-,15+/m0/s1. The molecule has 2 aliphatic carbocycles. The highest BCUT2D eigenvalue weighted by molar-refractivity contribution is 5.86. The number of carbonyl (C=O) groups excluding carboxylic acids is 1. The molecule has 4 atom stereocenters. The normalized spacial score (nSPS) is 29.5. The van der Waals surface area contributed by atoms with Crippen LogP contribution in [0.5, 0.6) is 0 Å². The molecule has 2 fully saturated rings. The smallest absolute Gasteiger partial charge is 0.307 e. The van der Waals surface area contributed by atoms with Gasteiger partial charge in [-0.25, -0.2) is 4.39 Å². The van der Waals surface area contributed by atoms with Crippen LogP contribution in [0.25, 0.3) is 0 Å². The molecule has 0 unspecified atom stereocenters. The number of rotatable bonds is 5. The van der Waals surface area contributed by atoms with Gasteiger partial charge in [-0.15, -0.1) is 0 Å². The van der Waals surface area contributed by atoms with Crippen LogP contribution in [0, 0.1) is 29.5 Å². The number of amides is 1. The molecule has 1 amide bonds. The molecule has 1 aromatic carbocycles. The van der Waals surface area contributed by atoms with Crippen LogP contribution < -0.4 is 5.32 Å². The van der Waals surface area contributed by atoms with E-state index >= 15 is 0 Å². The Bertz CT molecular complexity index is 572. The van der Waals surface area contributed by atoms with E-state index in [4.69, 9.17) is 0 Å². The molecule has 22 heavy (non-hydrogen) atoms. The quantitative estimate of drug-likeness (QED) is 0.876. The summed E-state index contributed by atoms with van der Waals surface area (Å²) < 4.78 is 12.8. The average molecular weight is 305 g/mol. The molecule has 3 rings (SSSR count). The first-order valence-electron chi connectivity index (χ1n) is 7.81. The van der Waals surface area contributed by atoms with Gasteiger partial charge in [-0.3, -0.25) is 9.59 Å². The predicted octanol–water partition coefficient (Wildman–Crippen LogP) is 2.23. The van der Waals surface area contributed by atoms with Gasteiger partial charge in [0.25, 0.3) is 0 Å². The molecule has 0 spiro atoms. The minimum Gasteiger partial charge on any atom is -0.481 e. The Morgan fingerprint density at radius 2 is 1.77 bits per heavy atom. The third-order valence-electron chi connectivity index (χ3n) is 5.13. The van der Waals surface area contributed by atoms with Gasteiger partial charge in [0.2, 0.25) is 5.91 Å². The number of hydrogen-bond donors (Lipinski definition) is 2. The molecule has 2 aliphatic rings. The Labute approximate surface area is 128 Å². The Kier molecular flexibility index (Phi) is 4.14. The van der Waals surface area contributed by atoms with Crippen LogP contribution in [0.4, 0.5) is 4.39 Å². The summed E-state index contributed by atoms with van der Waals surface area (Å²) in [4.78, 5) is 23.8. The van der Waals surface area contributed by atoms with Crippen molar-refractivity contribution in [3.8, 4) is 0 Å². The monoisotopic (exact) mass is 305 g/mol. The lowest BCUT2D eigenvalue weighted by molar-refractivity contribution is -0.149. The van der Waals surface area contributed by atoms with Crippen LogP contribution in [0.3, 0.4) is 0 Å². The molecule has 0 aromatic heterocycles. The second-order valence-corrected chi connectivity index (χ2v) is 6.39. The molecule has 5 heteroatoms. The molecule has 0 radical (unpaired) electrons. The predicted molar refractivity (Wildman–Crippen MR) is 78.6 cm³/mol. The number of fused-ring (bicyclic) bond motifs is 2. The van der Waals surface area contributed by atoms with Crippen LogP contribution in [0.1, 0.15) is 24.8 Å². The maximum absolute atomic E-state index is 12.8. The lowest BCUT2D eigenvalue weighted by Gasteiger charge is -2.27. The fourth-order valence-corrected chi connectivity index (χ4v) is 4.12. The van der Waals surface area contributed by atoms with Gasteiger partial charge in [-0.1, -0.05) is 12.1 Å². The zero-order chi connectivity index (χ0) is 15.7. The van der Waals surface area contributed by atoms with Crippen molar-refractivity contribution in [2.24, 2.45) is 23.7 Å². The molecule has 4 nitrogen and oxygen atoms in total. The van der Waals surface area contributed by atoms with Crippen LogP contribution in [0.15, 0.2) is 24.3 Å². The van der Waals surface area contributed by atoms with E-state index < -0.39 is 11.9 Å². The van der Waals surface area contributed by atoms with Crippen molar-refractivity contribution < 1.29 is 19.1 Å². The van der Waals surface area contributed by atoms with Crippen molar-refractivity contribution in [3.63, 3.8) is 0 Å². The van der Waals surface area contributed by atoms with Crippen molar-refractivity contribution in [3.05, 3.63) is 35.6 Å². The summed E-state index contributed by atoms with van der Waals surface area (Å²) in [6, 6.07) is 6.18. The van der Waals surface area contributed by atoms with Gasteiger partial charge in [0.05, 0.1) is 11.8 Å². The Hall–Kier alpha value is -1.91. The Morgan fingerprint density at radius 1 is 1.14 bits per heavy atom. The van der Waals surface area contributed by atoms with Crippen molar-refractivity contribution in [1.29, 1.82) is 0 Å². The zero-order valence-electron chi connectivity index (χ0n) is 12.3. The summed E-state index contributed by atoms with van der Waals surface area (Å²) in [5, 5.41) is 12.2. The SMILES string of the molecule is O=C(O)[C@@H]1[C@H]2CC[C@@H](C2)[C@@H]1C(=O)NCCc1ccc(F)cc1. The van der Waals surface area contributed by atoms with Gasteiger partial charge in [-0.2, -0.15) is 0 Å². The van der Waals surface area contributed by atoms with Crippen molar-refractivity contribution in [2.45, 2.75) is 25.7 Å². The number of halogens is 1. The zero-order valence-corrected chi connectivity index (χ0v) is 12.3. The first-order chi connectivity index (χ1) is 10.6. The number of benzene rings is 1. The van der Waals surface area contributed by atoms with E-state index in [0.29, 0.717) is 13.0 Å². The van der Waals surface area contributed by atoms with E-state index in [1.165, 1.54) is 12.1 Å². The minimum absolute atomic E-state index is 0.137. The number of carbonyl (C=O) groups is 2. The van der Waals surface area contributed by atoms with E-state index in [1.807, 2.05) is 0 Å². The summed E-state index contributed by atoms with van der Waals surface area (Å²) >= 11 is 0. The highest BCUT2D eigenvalue weighted by atomic mass is 19.1. The summed E-state index contributed by atoms with van der Waals surface area (Å²) in [7, 11) is 0. The van der Waals surface area contributed by atoms with Crippen LogP contribution in [-0.4, -0.2) is 23.5 Å². The summed E-state index contributed by atoms with van der Waals surface area (Å²) in [5.74, 6) is -1.78. The Balaban J connectivity index is 1.55. The van der Waals surface area contributed by atoms with Crippen LogP contribution in [-0.2, 0) is 16.0 Å². The second kappa shape index (κ2) is 6.07. The molecule has 0 saturated heterocycles. The van der Waals surface area contributed by atoms with E-state index in [2.05, 4.69) is 5.32 Å². The molecule has 0 heterocycles. The molecule has 1 aromatic rings. The van der Waals surface area contributed by atoms with E-state index in [1.54, 1.807) is 12.1 Å². The van der Waals surface area contributed by atoms with Crippen LogP contribution in [0.2, 0.25) is 0 Å². The topological polar surface area (TPSA) is 66.4 Å². The fraction of sp³-hybridized carbons (Fsp3) is 0.529. The maximum Gasteiger partial charge on any atom is 0.307 e. The van der Waals surface area contributed by atoms with E-state index in [0.717, 1.165) is 24.8 Å². The number of nitrogens with one attached hydrogen (secondary N) is 1. The molecule has 2 N–H and O–H groups in total. The number of hydrogen-bond acceptors (Lipinski definition) is 2. The highest BCUT2D eigenvalue weighted by Gasteiger charge is 2.53. The summed E-state index contributed by atoms with van der Waals surface area (Å²) in [5.41, 5.74) is 0.949. The minimum atomic E-state index is -0.842. The van der Waals surface area contributed by atoms with Gasteiger partial charge in [-0.05, 0) is 55.2 Å². The number of carboxylic acid groups (broad SMARTS) is 1. The molecule has 118 valence electrons. The van der Waals surface area contributed by atoms with Gasteiger partial charge in [0, 0.05) is 6.54 Å². The summed E-state index contributed by atoms with van der Waals surface area (Å²) in [6.45, 7) is 0.449. The van der Waals surface area contributed by atoms with Gasteiger partial charge in [0.15, 0.2) is 0 Å². The highest BCUT2D eigenvalue weighted by Crippen LogP contribution is 2.52. The van der Waals surface area contributed by atoms with Crippen molar-refractivity contribution in [2.75, 3.05) is 6.54 Å². The van der Waals surface area contributed by atoms with E-state index in [-0.39, 0.29) is 29.5 Å². The van der Waals surface area contributed by atoms with Gasteiger partial charge < -0.3 is 10.4 Å². The largest absolute Gasteiger partial charge is 0.481 e. The molecular formula is C17H20FNO3. The summed E-state index contributed by atoms with van der Waals surface area (Å²) in [6.07, 6.45) is 3.38. The van der Waals surface area contributed by atoms with Crippen molar-refractivity contribution in [1.82, 2.24) is 5.32 Å². The second-order valence-electron chi connectivity index (χ2n) is 6.39. The number of carboxylic acids is 1. The van der Waals surface area contributed by atoms with Crippen molar-refractivity contribution >= 4 is 11.9 Å². The third kappa shape index (κ3) is 2.85. The van der Waals surface area contributed by atoms with Crippen LogP contribution >= 0.6 is 0 Å². The van der Waals surface area contributed by atoms with Gasteiger partial charge in [0.1, 0.15) is 5.82 Å². The third-order valence-corrected chi connectivity index (χ3v) is 5.13. The molecular weight excluding hydrogens is 285 g/mol. The lowest BCUT2D eigenvalue weighted by atomic mass is 9.78. The van der Waals surface area contributed by atoms with E-state index in [9.17, 15) is 19.1 Å². The first kappa shape index (κ1) is 15.0. The average Bonchev–Trinajstić information content (AvgIpc) is 3.09. The lowest BCUT2D eigenvalue weighted by Crippen LogP contribution is -2.41. The molecule has 2 bridgehead atoms. The molecule has 2 saturated carbocycles. The Morgan fingerprint density at radius 3 is 2.41 bits per heavy atom. The molecule has 0 aliphatic heterocycles. The maximum atomic E-state index is 12.8. The fourth-order valence-electron chi connectivity index (χ4n) is 4.12. The van der Waals surface area contributed by atoms with Gasteiger partial charge >= 0.3 is 5.97 Å².